The second kappa shape index (κ2) is 9.13. The van der Waals surface area contributed by atoms with Crippen molar-refractivity contribution in [1.82, 2.24) is 9.97 Å². The Morgan fingerprint density at radius 1 is 1.37 bits per heavy atom. The summed E-state index contributed by atoms with van der Waals surface area (Å²) in [4.78, 5) is 32.5. The summed E-state index contributed by atoms with van der Waals surface area (Å²) in [6, 6.07) is 6.61. The van der Waals surface area contributed by atoms with Crippen molar-refractivity contribution >= 4 is 40.7 Å². The van der Waals surface area contributed by atoms with Crippen LogP contribution < -0.4 is 10.2 Å². The molecule has 1 aromatic heterocycles. The molecule has 2 aromatic rings. The van der Waals surface area contributed by atoms with Gasteiger partial charge in [0, 0.05) is 16.8 Å². The van der Waals surface area contributed by atoms with Crippen molar-refractivity contribution in [1.29, 1.82) is 0 Å². The SMILES string of the molecule is CCOC(=O)CN(c1nc(Nc2ccc(Cl)cc2)ncc1[N+](=O)[O-])C(C)C. The molecule has 1 N–H and O–H groups in total. The highest BCUT2D eigenvalue weighted by molar-refractivity contribution is 6.30. The first-order valence-electron chi connectivity index (χ1n) is 8.28. The molecule has 0 unspecified atom stereocenters. The maximum Gasteiger partial charge on any atom is 0.329 e. The van der Waals surface area contributed by atoms with E-state index in [0.717, 1.165) is 6.20 Å². The predicted molar refractivity (Wildman–Crippen MR) is 103 cm³/mol. The van der Waals surface area contributed by atoms with Gasteiger partial charge in [-0.25, -0.2) is 4.98 Å². The standard InChI is InChI=1S/C17H20ClN5O4/c1-4-27-15(24)10-22(11(2)3)16-14(23(25)26)9-19-17(21-16)20-13-7-5-12(18)6-8-13/h5-9,11H,4,10H2,1-3H3,(H,19,20,21). The summed E-state index contributed by atoms with van der Waals surface area (Å²) in [5.41, 5.74) is 0.371. The Balaban J connectivity index is 2.39. The minimum atomic E-state index is -0.581. The van der Waals surface area contributed by atoms with Crippen LogP contribution in [0.5, 0.6) is 0 Å². The molecule has 0 aliphatic rings. The van der Waals surface area contributed by atoms with Gasteiger partial charge in [-0.3, -0.25) is 14.9 Å². The van der Waals surface area contributed by atoms with Gasteiger partial charge in [0.1, 0.15) is 12.7 Å². The van der Waals surface area contributed by atoms with Crippen molar-refractivity contribution in [2.45, 2.75) is 26.8 Å². The van der Waals surface area contributed by atoms with E-state index >= 15 is 0 Å². The Hall–Kier alpha value is -2.94. The van der Waals surface area contributed by atoms with Gasteiger partial charge in [0.15, 0.2) is 0 Å². The number of carbonyl (C=O) groups excluding carboxylic acids is 1. The van der Waals surface area contributed by atoms with Gasteiger partial charge in [0.25, 0.3) is 0 Å². The highest BCUT2D eigenvalue weighted by atomic mass is 35.5. The third kappa shape index (κ3) is 5.52. The van der Waals surface area contributed by atoms with Crippen LogP contribution in [0.25, 0.3) is 0 Å². The molecule has 0 aliphatic heterocycles. The van der Waals surface area contributed by atoms with Crippen molar-refractivity contribution in [2.24, 2.45) is 0 Å². The van der Waals surface area contributed by atoms with Gasteiger partial charge in [-0.15, -0.1) is 0 Å². The fourth-order valence-corrected chi connectivity index (χ4v) is 2.40. The molecule has 0 spiro atoms. The average molecular weight is 394 g/mol. The molecular weight excluding hydrogens is 374 g/mol. The lowest BCUT2D eigenvalue weighted by Crippen LogP contribution is -2.37. The minimum absolute atomic E-state index is 0.0366. The zero-order valence-corrected chi connectivity index (χ0v) is 15.9. The van der Waals surface area contributed by atoms with E-state index in [1.54, 1.807) is 45.0 Å². The van der Waals surface area contributed by atoms with E-state index < -0.39 is 10.9 Å². The van der Waals surface area contributed by atoms with E-state index in [-0.39, 0.29) is 36.6 Å². The number of nitrogens with one attached hydrogen (secondary N) is 1. The molecule has 0 aliphatic carbocycles. The second-order valence-electron chi connectivity index (χ2n) is 5.82. The Morgan fingerprint density at radius 2 is 2.04 bits per heavy atom. The Bertz CT molecular complexity index is 813. The molecule has 144 valence electrons. The molecule has 0 saturated carbocycles. The van der Waals surface area contributed by atoms with Crippen LogP contribution in [0.3, 0.4) is 0 Å². The molecule has 0 fully saturated rings. The van der Waals surface area contributed by atoms with Gasteiger partial charge in [-0.1, -0.05) is 11.6 Å². The lowest BCUT2D eigenvalue weighted by Gasteiger charge is -2.26. The van der Waals surface area contributed by atoms with Crippen LogP contribution in [0, 0.1) is 10.1 Å². The molecule has 1 heterocycles. The van der Waals surface area contributed by atoms with Crippen LogP contribution in [0.1, 0.15) is 20.8 Å². The summed E-state index contributed by atoms with van der Waals surface area (Å²) < 4.78 is 4.96. The van der Waals surface area contributed by atoms with E-state index in [9.17, 15) is 14.9 Å². The number of esters is 1. The number of anilines is 3. The highest BCUT2D eigenvalue weighted by Gasteiger charge is 2.27. The van der Waals surface area contributed by atoms with Gasteiger partial charge >= 0.3 is 11.7 Å². The minimum Gasteiger partial charge on any atom is -0.465 e. The number of nitro groups is 1. The number of carbonyl (C=O) groups is 1. The number of benzene rings is 1. The molecular formula is C17H20ClN5O4. The fraction of sp³-hybridized carbons (Fsp3) is 0.353. The maximum atomic E-state index is 11.9. The number of rotatable bonds is 8. The molecule has 0 amide bonds. The van der Waals surface area contributed by atoms with Crippen molar-refractivity contribution in [3.63, 3.8) is 0 Å². The first-order valence-corrected chi connectivity index (χ1v) is 8.66. The maximum absolute atomic E-state index is 11.9. The van der Waals surface area contributed by atoms with Gasteiger partial charge < -0.3 is 15.0 Å². The van der Waals surface area contributed by atoms with Crippen molar-refractivity contribution in [3.05, 3.63) is 45.6 Å². The first-order chi connectivity index (χ1) is 12.8. The Kier molecular flexibility index (Phi) is 6.89. The molecule has 0 saturated heterocycles. The number of hydrogen-bond donors (Lipinski definition) is 1. The summed E-state index contributed by atoms with van der Waals surface area (Å²) in [6.07, 6.45) is 1.11. The topological polar surface area (TPSA) is 110 Å². The molecule has 27 heavy (non-hydrogen) atoms. The zero-order valence-electron chi connectivity index (χ0n) is 15.2. The van der Waals surface area contributed by atoms with E-state index in [1.165, 1.54) is 4.90 Å². The number of halogens is 1. The number of ether oxygens (including phenoxy) is 1. The summed E-state index contributed by atoms with van der Waals surface area (Å²) in [6.45, 7) is 5.36. The summed E-state index contributed by atoms with van der Waals surface area (Å²) in [5.74, 6) is -0.298. The largest absolute Gasteiger partial charge is 0.465 e. The van der Waals surface area contributed by atoms with Crippen LogP contribution in [-0.4, -0.2) is 40.1 Å². The molecule has 2 rings (SSSR count). The third-order valence-electron chi connectivity index (χ3n) is 3.55. The Morgan fingerprint density at radius 3 is 2.59 bits per heavy atom. The van der Waals surface area contributed by atoms with E-state index in [4.69, 9.17) is 16.3 Å². The normalized spacial score (nSPS) is 10.6. The third-order valence-corrected chi connectivity index (χ3v) is 3.80. The van der Waals surface area contributed by atoms with Crippen molar-refractivity contribution in [2.75, 3.05) is 23.4 Å². The van der Waals surface area contributed by atoms with E-state index in [0.29, 0.717) is 10.7 Å². The number of nitrogens with zero attached hydrogens (tertiary/aromatic N) is 4. The van der Waals surface area contributed by atoms with E-state index in [2.05, 4.69) is 15.3 Å². The predicted octanol–water partition coefficient (Wildman–Crippen LogP) is 3.56. The number of aromatic nitrogens is 2. The van der Waals surface area contributed by atoms with Crippen LogP contribution in [0.2, 0.25) is 5.02 Å². The monoisotopic (exact) mass is 393 g/mol. The van der Waals surface area contributed by atoms with Crippen LogP contribution >= 0.6 is 11.6 Å². The van der Waals surface area contributed by atoms with Gasteiger partial charge in [0.2, 0.25) is 11.8 Å². The summed E-state index contributed by atoms with van der Waals surface area (Å²) in [5, 5.41) is 15.0. The van der Waals surface area contributed by atoms with Crippen molar-refractivity contribution in [3.8, 4) is 0 Å². The number of hydrogen-bond acceptors (Lipinski definition) is 8. The molecule has 1 aromatic carbocycles. The van der Waals surface area contributed by atoms with Gasteiger partial charge in [-0.05, 0) is 45.0 Å². The molecule has 10 heteroatoms. The summed E-state index contributed by atoms with van der Waals surface area (Å²) >= 11 is 5.86. The Labute approximate surface area is 161 Å². The first kappa shape index (κ1) is 20.4. The van der Waals surface area contributed by atoms with Crippen molar-refractivity contribution < 1.29 is 14.5 Å². The highest BCUT2D eigenvalue weighted by Crippen LogP contribution is 2.28. The van der Waals surface area contributed by atoms with E-state index in [1.807, 2.05) is 0 Å². The van der Waals surface area contributed by atoms with Crippen LogP contribution in [-0.2, 0) is 9.53 Å². The average Bonchev–Trinajstić information content (AvgIpc) is 2.61. The zero-order chi connectivity index (χ0) is 20.0. The quantitative estimate of drug-likeness (QED) is 0.411. The fourth-order valence-electron chi connectivity index (χ4n) is 2.28. The summed E-state index contributed by atoms with van der Waals surface area (Å²) in [7, 11) is 0. The molecule has 0 radical (unpaired) electrons. The second-order valence-corrected chi connectivity index (χ2v) is 6.25. The van der Waals surface area contributed by atoms with Gasteiger partial charge in [0.05, 0.1) is 11.5 Å². The van der Waals surface area contributed by atoms with Gasteiger partial charge in [-0.2, -0.15) is 4.98 Å². The molecule has 0 bridgehead atoms. The lowest BCUT2D eigenvalue weighted by atomic mass is 10.3. The van der Waals surface area contributed by atoms with Crippen LogP contribution in [0.4, 0.5) is 23.1 Å². The van der Waals surface area contributed by atoms with Crippen LogP contribution in [0.15, 0.2) is 30.5 Å². The molecule has 0 atom stereocenters. The molecule has 9 nitrogen and oxygen atoms in total. The lowest BCUT2D eigenvalue weighted by molar-refractivity contribution is -0.384. The smallest absolute Gasteiger partial charge is 0.329 e.